The highest BCUT2D eigenvalue weighted by atomic mass is 32.2. The van der Waals surface area contributed by atoms with E-state index in [4.69, 9.17) is 0 Å². The van der Waals surface area contributed by atoms with Gasteiger partial charge in [0.1, 0.15) is 0 Å². The maximum atomic E-state index is 14.2. The van der Waals surface area contributed by atoms with Gasteiger partial charge in [0, 0.05) is 10.9 Å². The van der Waals surface area contributed by atoms with Gasteiger partial charge in [-0.25, -0.2) is 17.5 Å². The van der Waals surface area contributed by atoms with Crippen LogP contribution in [-0.4, -0.2) is 30.4 Å². The van der Waals surface area contributed by atoms with E-state index in [0.717, 1.165) is 12.1 Å². The topological polar surface area (TPSA) is 86.6 Å². The first-order chi connectivity index (χ1) is 15.2. The highest BCUT2D eigenvalue weighted by Crippen LogP contribution is 2.56. The number of aliphatic hydroxyl groups is 1. The van der Waals surface area contributed by atoms with Crippen molar-refractivity contribution >= 4 is 20.8 Å². The molecule has 4 rings (SSSR count). The van der Waals surface area contributed by atoms with Crippen LogP contribution >= 0.6 is 0 Å². The standard InChI is InChI=1S/C23H21F4NO4S/c1-21(2)12-22(30,23(25,26)27)20(15-10-11-16(24)19(29)18(15)21)28-33(31,32)17-9-5-7-13-6-3-4-8-14(13)17/h3-11,20,28-30H,12H2,1-2H3/t20-,22+/m0/s1. The van der Waals surface area contributed by atoms with Gasteiger partial charge in [0.2, 0.25) is 10.0 Å². The van der Waals surface area contributed by atoms with Crippen molar-refractivity contribution in [1.29, 1.82) is 0 Å². The molecule has 0 amide bonds. The molecular weight excluding hydrogens is 462 g/mol. The molecule has 5 nitrogen and oxygen atoms in total. The van der Waals surface area contributed by atoms with Gasteiger partial charge in [-0.15, -0.1) is 0 Å². The highest BCUT2D eigenvalue weighted by molar-refractivity contribution is 7.89. The monoisotopic (exact) mass is 483 g/mol. The molecule has 3 aromatic rings. The molecule has 1 aliphatic rings. The number of alkyl halides is 3. The van der Waals surface area contributed by atoms with Crippen molar-refractivity contribution in [2.75, 3.05) is 0 Å². The number of sulfonamides is 1. The van der Waals surface area contributed by atoms with Gasteiger partial charge in [0.15, 0.2) is 17.2 Å². The van der Waals surface area contributed by atoms with Crippen LogP contribution in [0.25, 0.3) is 10.8 Å². The lowest BCUT2D eigenvalue weighted by atomic mass is 9.63. The third kappa shape index (κ3) is 3.66. The van der Waals surface area contributed by atoms with Crippen LogP contribution in [0.4, 0.5) is 17.6 Å². The average Bonchev–Trinajstić information content (AvgIpc) is 2.71. The van der Waals surface area contributed by atoms with E-state index >= 15 is 0 Å². The average molecular weight is 483 g/mol. The van der Waals surface area contributed by atoms with E-state index in [1.807, 2.05) is 4.72 Å². The maximum Gasteiger partial charge on any atom is 0.419 e. The quantitative estimate of drug-likeness (QED) is 0.473. The summed E-state index contributed by atoms with van der Waals surface area (Å²) in [6, 6.07) is 10.3. The van der Waals surface area contributed by atoms with E-state index in [-0.39, 0.29) is 21.4 Å². The van der Waals surface area contributed by atoms with Crippen molar-refractivity contribution in [3.8, 4) is 5.75 Å². The van der Waals surface area contributed by atoms with Crippen LogP contribution in [0.1, 0.15) is 37.4 Å². The minimum absolute atomic E-state index is 0.193. The van der Waals surface area contributed by atoms with Gasteiger partial charge < -0.3 is 10.2 Å². The van der Waals surface area contributed by atoms with E-state index in [1.165, 1.54) is 32.0 Å². The molecule has 1 aliphatic carbocycles. The van der Waals surface area contributed by atoms with Gasteiger partial charge in [-0.2, -0.15) is 13.2 Å². The Morgan fingerprint density at radius 2 is 1.67 bits per heavy atom. The summed E-state index contributed by atoms with van der Waals surface area (Å²) in [5.74, 6) is -1.94. The van der Waals surface area contributed by atoms with Crippen LogP contribution in [0.15, 0.2) is 59.5 Å². The highest BCUT2D eigenvalue weighted by Gasteiger charge is 2.65. The van der Waals surface area contributed by atoms with Crippen molar-refractivity contribution in [3.05, 3.63) is 71.5 Å². The van der Waals surface area contributed by atoms with E-state index in [2.05, 4.69) is 0 Å². The fraction of sp³-hybridized carbons (Fsp3) is 0.304. The minimum Gasteiger partial charge on any atom is -0.505 e. The van der Waals surface area contributed by atoms with Gasteiger partial charge >= 0.3 is 6.18 Å². The number of hydrogen-bond donors (Lipinski definition) is 3. The summed E-state index contributed by atoms with van der Waals surface area (Å²) in [5.41, 5.74) is -5.59. The third-order valence-corrected chi connectivity index (χ3v) is 7.62. The summed E-state index contributed by atoms with van der Waals surface area (Å²) in [7, 11) is -4.61. The van der Waals surface area contributed by atoms with Crippen molar-refractivity contribution in [2.45, 2.75) is 48.4 Å². The molecule has 176 valence electrons. The summed E-state index contributed by atoms with van der Waals surface area (Å²) >= 11 is 0. The molecule has 2 atom stereocenters. The van der Waals surface area contributed by atoms with E-state index in [1.54, 1.807) is 24.3 Å². The predicted octanol–water partition coefficient (Wildman–Crippen LogP) is 4.68. The lowest BCUT2D eigenvalue weighted by molar-refractivity contribution is -0.279. The van der Waals surface area contributed by atoms with Crippen molar-refractivity contribution in [2.24, 2.45) is 0 Å². The number of benzene rings is 3. The summed E-state index contributed by atoms with van der Waals surface area (Å²) in [6.07, 6.45) is -6.24. The molecule has 0 saturated heterocycles. The Labute approximate surface area is 187 Å². The van der Waals surface area contributed by atoms with Gasteiger partial charge in [-0.05, 0) is 34.9 Å². The summed E-state index contributed by atoms with van der Waals surface area (Å²) < 4.78 is 85.4. The Hall–Kier alpha value is -2.69. The Morgan fingerprint density at radius 3 is 2.33 bits per heavy atom. The Kier molecular flexibility index (Phi) is 5.27. The fourth-order valence-corrected chi connectivity index (χ4v) is 6.22. The predicted molar refractivity (Wildman–Crippen MR) is 114 cm³/mol. The number of aromatic hydroxyl groups is 1. The second kappa shape index (κ2) is 7.41. The van der Waals surface area contributed by atoms with Crippen LogP contribution in [0.2, 0.25) is 0 Å². The number of phenols is 1. The third-order valence-electron chi connectivity index (χ3n) is 6.14. The number of halogens is 4. The molecule has 33 heavy (non-hydrogen) atoms. The number of phenolic OH excluding ortho intramolecular Hbond substituents is 1. The second-order valence-electron chi connectivity index (χ2n) is 8.87. The fourth-order valence-electron chi connectivity index (χ4n) is 4.73. The first kappa shape index (κ1) is 23.5. The SMILES string of the molecule is CC1(C)C[C@](O)(C(F)(F)F)[C@@H](NS(=O)(=O)c2cccc3ccccc23)c2ccc(F)c(O)c21. The molecule has 0 unspecified atom stereocenters. The molecule has 0 bridgehead atoms. The number of fused-ring (bicyclic) bond motifs is 2. The number of nitrogens with one attached hydrogen (secondary N) is 1. The first-order valence-corrected chi connectivity index (χ1v) is 11.5. The molecule has 0 fully saturated rings. The number of hydrogen-bond acceptors (Lipinski definition) is 4. The van der Waals surface area contributed by atoms with E-state index in [9.17, 15) is 36.2 Å². The van der Waals surface area contributed by atoms with Crippen LogP contribution in [0.3, 0.4) is 0 Å². The van der Waals surface area contributed by atoms with Crippen LogP contribution in [0, 0.1) is 5.82 Å². The zero-order valence-electron chi connectivity index (χ0n) is 17.6. The Balaban J connectivity index is 1.95. The van der Waals surface area contributed by atoms with Crippen LogP contribution in [0.5, 0.6) is 5.75 Å². The Bertz CT molecular complexity index is 1350. The first-order valence-electron chi connectivity index (χ1n) is 10.00. The van der Waals surface area contributed by atoms with Gasteiger partial charge in [-0.1, -0.05) is 56.3 Å². The summed E-state index contributed by atoms with van der Waals surface area (Å²) in [5, 5.41) is 22.0. The molecule has 3 aromatic carbocycles. The second-order valence-corrected chi connectivity index (χ2v) is 10.6. The molecular formula is C23H21F4NO4S. The Morgan fingerprint density at radius 1 is 1.03 bits per heavy atom. The van der Waals surface area contributed by atoms with Gasteiger partial charge in [-0.3, -0.25) is 0 Å². The molecule has 10 heteroatoms. The largest absolute Gasteiger partial charge is 0.505 e. The van der Waals surface area contributed by atoms with Crippen molar-refractivity contribution in [3.63, 3.8) is 0 Å². The molecule has 0 aliphatic heterocycles. The normalized spacial score (nSPS) is 22.8. The van der Waals surface area contributed by atoms with Crippen molar-refractivity contribution < 1.29 is 36.2 Å². The van der Waals surface area contributed by atoms with Crippen molar-refractivity contribution in [1.82, 2.24) is 4.72 Å². The lowest BCUT2D eigenvalue weighted by Crippen LogP contribution is -2.60. The van der Waals surface area contributed by atoms with Crippen LogP contribution in [-0.2, 0) is 15.4 Å². The molecule has 0 spiro atoms. The van der Waals surface area contributed by atoms with E-state index < -0.39 is 51.2 Å². The molecule has 0 radical (unpaired) electrons. The maximum absolute atomic E-state index is 14.2. The molecule has 3 N–H and O–H groups in total. The summed E-state index contributed by atoms with van der Waals surface area (Å²) in [6.45, 7) is 2.63. The van der Waals surface area contributed by atoms with Gasteiger partial charge in [0.25, 0.3) is 0 Å². The minimum atomic E-state index is -5.24. The van der Waals surface area contributed by atoms with Gasteiger partial charge in [0.05, 0.1) is 10.9 Å². The molecule has 0 aromatic heterocycles. The van der Waals surface area contributed by atoms with E-state index in [0.29, 0.717) is 5.39 Å². The molecule has 0 heterocycles. The number of rotatable bonds is 3. The van der Waals surface area contributed by atoms with Crippen LogP contribution < -0.4 is 4.72 Å². The zero-order chi connectivity index (χ0) is 24.4. The molecule has 0 saturated carbocycles. The summed E-state index contributed by atoms with van der Waals surface area (Å²) in [4.78, 5) is -0.275. The lowest BCUT2D eigenvalue weighted by Gasteiger charge is -2.48. The smallest absolute Gasteiger partial charge is 0.419 e. The zero-order valence-corrected chi connectivity index (χ0v) is 18.4.